The number of rotatable bonds is 9. The molecule has 11 nitrogen and oxygen atoms in total. The van der Waals surface area contributed by atoms with Crippen molar-refractivity contribution >= 4 is 61.5 Å². The van der Waals surface area contributed by atoms with Crippen LogP contribution in [0.15, 0.2) is 66.7 Å². The summed E-state index contributed by atoms with van der Waals surface area (Å²) in [6.45, 7) is 6.33. The number of aliphatic hydroxyl groups excluding tert-OH is 1. The van der Waals surface area contributed by atoms with Gasteiger partial charge in [-0.3, -0.25) is 15.5 Å². The van der Waals surface area contributed by atoms with Crippen LogP contribution in [0.2, 0.25) is 0 Å². The molecule has 3 heterocycles. The molecule has 0 radical (unpaired) electrons. The first-order chi connectivity index (χ1) is 23.0. The Morgan fingerprint density at radius 1 is 1.00 bits per heavy atom. The van der Waals surface area contributed by atoms with Gasteiger partial charge >= 0.3 is 12.1 Å². The third-order valence-corrected chi connectivity index (χ3v) is 9.60. The largest absolute Gasteiger partial charge is 0.494 e. The van der Waals surface area contributed by atoms with Gasteiger partial charge in [-0.25, -0.2) is 19.6 Å². The minimum atomic E-state index is -1.73. The number of carbonyl (C=O) groups excluding carboxylic acids is 2. The monoisotopic (exact) mass is 687 g/mol. The molecule has 0 aliphatic carbocycles. The fraction of sp³-hybridized carbons (Fsp3) is 0.314. The number of ether oxygens (including phenoxy) is 2. The van der Waals surface area contributed by atoms with E-state index < -0.39 is 18.0 Å². The van der Waals surface area contributed by atoms with Crippen molar-refractivity contribution in [2.75, 3.05) is 28.7 Å². The highest BCUT2D eigenvalue weighted by molar-refractivity contribution is 7.22. The Morgan fingerprint density at radius 2 is 1.83 bits per heavy atom. The van der Waals surface area contributed by atoms with Crippen molar-refractivity contribution in [3.8, 4) is 16.3 Å². The molecule has 4 N–H and O–H groups in total. The molecule has 48 heavy (non-hydrogen) atoms. The number of carbonyl (C=O) groups is 2. The molecule has 3 aromatic carbocycles. The smallest absolute Gasteiger partial charge is 0.412 e. The van der Waals surface area contributed by atoms with Gasteiger partial charge in [0.05, 0.1) is 16.8 Å². The molecule has 1 aliphatic heterocycles. The quantitative estimate of drug-likeness (QED) is 0.0909. The van der Waals surface area contributed by atoms with Gasteiger partial charge in [-0.1, -0.05) is 41.7 Å². The number of para-hydroxylation sites is 1. The lowest BCUT2D eigenvalue weighted by Gasteiger charge is -2.29. The van der Waals surface area contributed by atoms with Crippen molar-refractivity contribution in [1.29, 1.82) is 0 Å². The molecule has 0 bridgehead atoms. The average molecular weight is 688 g/mol. The van der Waals surface area contributed by atoms with Gasteiger partial charge in [-0.05, 0) is 82.3 Å². The van der Waals surface area contributed by atoms with E-state index >= 15 is 0 Å². The molecule has 2 aromatic heterocycles. The number of fused-ring (bicyclic) bond motifs is 2. The zero-order chi connectivity index (χ0) is 33.8. The highest BCUT2D eigenvalue weighted by Crippen LogP contribution is 2.37. The number of hydrogen-bond acceptors (Lipinski definition) is 10. The van der Waals surface area contributed by atoms with Crippen LogP contribution in [0, 0.1) is 0 Å². The molecule has 0 unspecified atom stereocenters. The number of aliphatic hydroxyl groups is 2. The number of aromatic nitrogens is 2. The van der Waals surface area contributed by atoms with Crippen LogP contribution in [-0.2, 0) is 17.6 Å². The van der Waals surface area contributed by atoms with Gasteiger partial charge in [-0.15, -0.1) is 11.3 Å². The van der Waals surface area contributed by atoms with Crippen molar-refractivity contribution in [2.45, 2.75) is 58.3 Å². The first kappa shape index (κ1) is 33.3. The zero-order valence-electron chi connectivity index (χ0n) is 26.9. The van der Waals surface area contributed by atoms with Crippen LogP contribution >= 0.6 is 22.7 Å². The number of amides is 3. The molecule has 5 aromatic rings. The van der Waals surface area contributed by atoms with Crippen molar-refractivity contribution in [3.63, 3.8) is 0 Å². The van der Waals surface area contributed by atoms with Gasteiger partial charge in [0.25, 0.3) is 0 Å². The van der Waals surface area contributed by atoms with Crippen molar-refractivity contribution in [1.82, 2.24) is 9.97 Å². The normalized spacial score (nSPS) is 13.0. The van der Waals surface area contributed by atoms with Gasteiger partial charge in [0.15, 0.2) is 11.4 Å². The molecule has 3 amide bonds. The fourth-order valence-corrected chi connectivity index (χ4v) is 7.36. The lowest BCUT2D eigenvalue weighted by atomic mass is 10.00. The van der Waals surface area contributed by atoms with Gasteiger partial charge in [0.2, 0.25) is 0 Å². The van der Waals surface area contributed by atoms with Crippen LogP contribution in [0.25, 0.3) is 20.8 Å². The molecule has 0 saturated carbocycles. The maximum Gasteiger partial charge on any atom is 0.412 e. The minimum absolute atomic E-state index is 0.210. The molecule has 0 spiro atoms. The summed E-state index contributed by atoms with van der Waals surface area (Å²) in [7, 11) is 0. The summed E-state index contributed by atoms with van der Waals surface area (Å²) in [4.78, 5) is 37.2. The number of benzene rings is 3. The number of anilines is 3. The number of nitrogens with one attached hydrogen (secondary N) is 2. The lowest BCUT2D eigenvalue weighted by molar-refractivity contribution is -0.0459. The van der Waals surface area contributed by atoms with Crippen molar-refractivity contribution in [3.05, 3.63) is 82.9 Å². The standard InChI is InChI=1S/C35H37N5O6S2/c1-35(2,3)46-34(44)36-23-10-6-11-24(20-23)45-18-8-14-28-29(31(41)42)38-30(47-28)22-16-15-21-9-7-17-40(26(21)19-22)33(43)39-32-37-25-12-4-5-13-27(25)48-32/h4-6,10-13,15-16,19-20,31,41-42H,7-9,14,17-18H2,1-3H3,(H,36,44)(H,37,39,43). The van der Waals surface area contributed by atoms with E-state index in [1.807, 2.05) is 42.5 Å². The summed E-state index contributed by atoms with van der Waals surface area (Å²) in [5, 5.41) is 27.1. The molecule has 0 saturated heterocycles. The molecule has 0 fully saturated rings. The number of thiazole rings is 2. The maximum atomic E-state index is 13.4. The van der Waals surface area contributed by atoms with E-state index in [2.05, 4.69) is 20.6 Å². The lowest BCUT2D eigenvalue weighted by Crippen LogP contribution is -2.38. The van der Waals surface area contributed by atoms with E-state index in [9.17, 15) is 19.8 Å². The number of aryl methyl sites for hydroxylation is 2. The minimum Gasteiger partial charge on any atom is -0.494 e. The van der Waals surface area contributed by atoms with Gasteiger partial charge in [-0.2, -0.15) is 0 Å². The Morgan fingerprint density at radius 3 is 2.62 bits per heavy atom. The molecule has 6 rings (SSSR count). The predicted molar refractivity (Wildman–Crippen MR) is 189 cm³/mol. The summed E-state index contributed by atoms with van der Waals surface area (Å²) in [5.41, 5.74) is 3.65. The average Bonchev–Trinajstić information content (AvgIpc) is 3.66. The molecular formula is C35H37N5O6S2. The Bertz CT molecular complexity index is 1900. The molecule has 1 aliphatic rings. The molecule has 13 heteroatoms. The fourth-order valence-electron chi connectivity index (χ4n) is 5.38. The summed E-state index contributed by atoms with van der Waals surface area (Å²) in [5.74, 6) is 0.585. The highest BCUT2D eigenvalue weighted by Gasteiger charge is 2.25. The van der Waals surface area contributed by atoms with E-state index in [1.165, 1.54) is 22.7 Å². The molecule has 0 atom stereocenters. The first-order valence-electron chi connectivity index (χ1n) is 15.7. The summed E-state index contributed by atoms with van der Waals surface area (Å²) >= 11 is 2.83. The number of nitrogens with zero attached hydrogens (tertiary/aromatic N) is 3. The SMILES string of the molecule is CC(C)(C)OC(=O)Nc1cccc(OCCCc2sc(-c3ccc4c(c3)N(C(=O)Nc3nc5ccccc5s3)CCC4)nc2C(O)O)c1. The number of hydrogen-bond donors (Lipinski definition) is 4. The van der Waals surface area contributed by atoms with Gasteiger partial charge in [0, 0.05) is 34.4 Å². The van der Waals surface area contributed by atoms with E-state index in [-0.39, 0.29) is 11.7 Å². The van der Waals surface area contributed by atoms with Gasteiger partial charge in [0.1, 0.15) is 22.1 Å². The first-order valence-corrected chi connectivity index (χ1v) is 17.3. The topological polar surface area (TPSA) is 146 Å². The van der Waals surface area contributed by atoms with Crippen molar-refractivity contribution < 1.29 is 29.3 Å². The van der Waals surface area contributed by atoms with Crippen molar-refractivity contribution in [2.24, 2.45) is 0 Å². The van der Waals surface area contributed by atoms with Crippen LogP contribution in [0.5, 0.6) is 5.75 Å². The predicted octanol–water partition coefficient (Wildman–Crippen LogP) is 7.75. The second-order valence-electron chi connectivity index (χ2n) is 12.3. The van der Waals surface area contributed by atoms with Crippen LogP contribution in [0.3, 0.4) is 0 Å². The highest BCUT2D eigenvalue weighted by atomic mass is 32.1. The van der Waals surface area contributed by atoms with Crippen LogP contribution in [0.1, 0.15) is 56.0 Å². The van der Waals surface area contributed by atoms with E-state index in [0.29, 0.717) is 47.6 Å². The van der Waals surface area contributed by atoms with E-state index in [4.69, 9.17) is 9.47 Å². The van der Waals surface area contributed by atoms with Gasteiger partial charge < -0.3 is 19.7 Å². The van der Waals surface area contributed by atoms with Crippen LogP contribution in [-0.4, -0.2) is 51.1 Å². The second kappa shape index (κ2) is 14.3. The Hall–Kier alpha value is -4.56. The molecular weight excluding hydrogens is 651 g/mol. The van der Waals surface area contributed by atoms with E-state index in [1.54, 1.807) is 49.9 Å². The second-order valence-corrected chi connectivity index (χ2v) is 14.4. The Labute approximate surface area is 286 Å². The Balaban J connectivity index is 1.11. The summed E-state index contributed by atoms with van der Waals surface area (Å²) in [6.07, 6.45) is 0.529. The Kier molecular flexibility index (Phi) is 9.92. The van der Waals surface area contributed by atoms with Crippen LogP contribution in [0.4, 0.5) is 26.1 Å². The summed E-state index contributed by atoms with van der Waals surface area (Å²) < 4.78 is 12.2. The third-order valence-electron chi connectivity index (χ3n) is 7.47. The molecule has 250 valence electrons. The van der Waals surface area contributed by atoms with E-state index in [0.717, 1.165) is 44.7 Å². The van der Waals surface area contributed by atoms with Crippen LogP contribution < -0.4 is 20.3 Å². The zero-order valence-corrected chi connectivity index (χ0v) is 28.5. The summed E-state index contributed by atoms with van der Waals surface area (Å²) in [6, 6.07) is 20.5. The number of urea groups is 1. The maximum absolute atomic E-state index is 13.4. The third kappa shape index (κ3) is 8.11.